The molecule has 2 heterocycles. The number of hydrogen-bond acceptors (Lipinski definition) is 4. The van der Waals surface area contributed by atoms with E-state index in [1.165, 1.54) is 0 Å². The van der Waals surface area contributed by atoms with Crippen LogP contribution in [0.1, 0.15) is 36.0 Å². The molecule has 1 fully saturated rings. The zero-order chi connectivity index (χ0) is 15.4. The van der Waals surface area contributed by atoms with E-state index < -0.39 is 0 Å². The summed E-state index contributed by atoms with van der Waals surface area (Å²) >= 11 is 0. The molecule has 2 aromatic heterocycles. The highest BCUT2D eigenvalue weighted by molar-refractivity contribution is 5.97. The van der Waals surface area contributed by atoms with Crippen LogP contribution in [0.4, 0.5) is 0 Å². The fourth-order valence-corrected chi connectivity index (χ4v) is 2.93. The summed E-state index contributed by atoms with van der Waals surface area (Å²) in [7, 11) is 0. The molecule has 0 aliphatic heterocycles. The van der Waals surface area contributed by atoms with E-state index in [9.17, 15) is 9.90 Å². The molecule has 0 spiro atoms. The van der Waals surface area contributed by atoms with Crippen LogP contribution >= 0.6 is 0 Å². The summed E-state index contributed by atoms with van der Waals surface area (Å²) in [4.78, 5) is 16.7. The van der Waals surface area contributed by atoms with Crippen LogP contribution in [0, 0.1) is 5.92 Å². The first-order valence-electron chi connectivity index (χ1n) is 7.65. The van der Waals surface area contributed by atoms with Gasteiger partial charge in [0.2, 0.25) is 0 Å². The van der Waals surface area contributed by atoms with Crippen molar-refractivity contribution in [2.45, 2.75) is 31.8 Å². The monoisotopic (exact) mass is 300 g/mol. The second-order valence-corrected chi connectivity index (χ2v) is 5.72. The Labute approximate surface area is 129 Å². The van der Waals surface area contributed by atoms with Crippen molar-refractivity contribution in [3.63, 3.8) is 0 Å². The van der Waals surface area contributed by atoms with Crippen LogP contribution in [0.2, 0.25) is 0 Å². The van der Waals surface area contributed by atoms with Gasteiger partial charge >= 0.3 is 0 Å². The van der Waals surface area contributed by atoms with Gasteiger partial charge in [-0.05, 0) is 43.4 Å². The van der Waals surface area contributed by atoms with E-state index in [1.54, 1.807) is 41.5 Å². The average Bonchev–Trinajstić information content (AvgIpc) is 3.07. The topological polar surface area (TPSA) is 80.0 Å². The summed E-state index contributed by atoms with van der Waals surface area (Å²) in [6, 6.07) is 5.28. The second kappa shape index (κ2) is 6.70. The van der Waals surface area contributed by atoms with Crippen molar-refractivity contribution in [3.05, 3.63) is 42.4 Å². The zero-order valence-electron chi connectivity index (χ0n) is 12.4. The lowest BCUT2D eigenvalue weighted by Crippen LogP contribution is -2.33. The summed E-state index contributed by atoms with van der Waals surface area (Å²) in [5, 5.41) is 16.8. The van der Waals surface area contributed by atoms with Crippen molar-refractivity contribution < 1.29 is 9.90 Å². The Bertz CT molecular complexity index is 627. The zero-order valence-corrected chi connectivity index (χ0v) is 12.4. The number of amides is 1. The minimum Gasteiger partial charge on any atom is -0.393 e. The number of nitrogens with zero attached hydrogens (tertiary/aromatic N) is 3. The van der Waals surface area contributed by atoms with Crippen molar-refractivity contribution in [1.29, 1.82) is 0 Å². The Morgan fingerprint density at radius 3 is 3.05 bits per heavy atom. The van der Waals surface area contributed by atoms with Crippen molar-refractivity contribution in [1.82, 2.24) is 20.1 Å². The third kappa shape index (κ3) is 3.33. The van der Waals surface area contributed by atoms with E-state index >= 15 is 0 Å². The quantitative estimate of drug-likeness (QED) is 0.898. The standard InChI is InChI=1S/C16H20N4O2/c21-13-5-1-4-12(10-13)11-18-16(22)14-6-2-7-17-15(14)20-9-3-8-19-20/h2-3,6-9,12-13,21H,1,4-5,10-11H2,(H,18,22). The first-order chi connectivity index (χ1) is 10.7. The number of aromatic nitrogens is 3. The van der Waals surface area contributed by atoms with Gasteiger partial charge in [0.25, 0.3) is 5.91 Å². The minimum absolute atomic E-state index is 0.154. The van der Waals surface area contributed by atoms with Crippen LogP contribution in [0.3, 0.4) is 0 Å². The van der Waals surface area contributed by atoms with E-state index in [0.717, 1.165) is 25.7 Å². The van der Waals surface area contributed by atoms with Gasteiger partial charge < -0.3 is 10.4 Å². The molecule has 1 aliphatic rings. The largest absolute Gasteiger partial charge is 0.393 e. The van der Waals surface area contributed by atoms with E-state index in [2.05, 4.69) is 15.4 Å². The number of hydrogen-bond donors (Lipinski definition) is 2. The number of nitrogens with one attached hydrogen (secondary N) is 1. The molecule has 22 heavy (non-hydrogen) atoms. The van der Waals surface area contributed by atoms with Crippen molar-refractivity contribution in [2.75, 3.05) is 6.54 Å². The molecular weight excluding hydrogens is 280 g/mol. The van der Waals surface area contributed by atoms with Crippen LogP contribution in [-0.4, -0.2) is 38.4 Å². The highest BCUT2D eigenvalue weighted by Gasteiger charge is 2.21. The molecule has 0 bridgehead atoms. The Morgan fingerprint density at radius 2 is 2.27 bits per heavy atom. The van der Waals surface area contributed by atoms with Gasteiger partial charge in [-0.3, -0.25) is 4.79 Å². The van der Waals surface area contributed by atoms with Crippen molar-refractivity contribution in [2.24, 2.45) is 5.92 Å². The second-order valence-electron chi connectivity index (χ2n) is 5.72. The van der Waals surface area contributed by atoms with Gasteiger partial charge in [0.1, 0.15) is 0 Å². The first kappa shape index (κ1) is 14.7. The van der Waals surface area contributed by atoms with E-state index in [-0.39, 0.29) is 12.0 Å². The van der Waals surface area contributed by atoms with Gasteiger partial charge in [0.15, 0.2) is 5.82 Å². The minimum atomic E-state index is -0.228. The normalized spacial score (nSPS) is 21.5. The van der Waals surface area contributed by atoms with E-state index in [0.29, 0.717) is 23.8 Å². The lowest BCUT2D eigenvalue weighted by atomic mass is 9.87. The highest BCUT2D eigenvalue weighted by Crippen LogP contribution is 2.23. The molecule has 6 nitrogen and oxygen atoms in total. The fraction of sp³-hybridized carbons (Fsp3) is 0.438. The predicted octanol–water partition coefficient (Wildman–Crippen LogP) is 1.55. The molecule has 1 amide bonds. The molecule has 2 atom stereocenters. The Balaban J connectivity index is 1.68. The number of rotatable bonds is 4. The molecule has 2 unspecified atom stereocenters. The first-order valence-corrected chi connectivity index (χ1v) is 7.65. The number of carbonyl (C=O) groups is 1. The maximum absolute atomic E-state index is 12.4. The van der Waals surface area contributed by atoms with E-state index in [1.807, 2.05) is 0 Å². The molecule has 6 heteroatoms. The summed E-state index contributed by atoms with van der Waals surface area (Å²) in [6.45, 7) is 0.587. The molecule has 0 radical (unpaired) electrons. The van der Waals surface area contributed by atoms with Gasteiger partial charge in [-0.25, -0.2) is 9.67 Å². The van der Waals surface area contributed by atoms with Crippen molar-refractivity contribution >= 4 is 5.91 Å². The lowest BCUT2D eigenvalue weighted by Gasteiger charge is -2.25. The fourth-order valence-electron chi connectivity index (χ4n) is 2.93. The molecule has 1 saturated carbocycles. The molecule has 0 aromatic carbocycles. The van der Waals surface area contributed by atoms with Crippen LogP contribution < -0.4 is 5.32 Å². The molecule has 0 saturated heterocycles. The molecule has 2 aromatic rings. The average molecular weight is 300 g/mol. The molecule has 116 valence electrons. The third-order valence-electron chi connectivity index (χ3n) is 4.06. The lowest BCUT2D eigenvalue weighted by molar-refractivity contribution is 0.0873. The van der Waals surface area contributed by atoms with Crippen LogP contribution in [-0.2, 0) is 0 Å². The highest BCUT2D eigenvalue weighted by atomic mass is 16.3. The van der Waals surface area contributed by atoms with Crippen LogP contribution in [0.25, 0.3) is 5.82 Å². The maximum Gasteiger partial charge on any atom is 0.255 e. The van der Waals surface area contributed by atoms with Gasteiger partial charge in [0.05, 0.1) is 11.7 Å². The Morgan fingerprint density at radius 1 is 1.36 bits per heavy atom. The van der Waals surface area contributed by atoms with Crippen LogP contribution in [0.15, 0.2) is 36.8 Å². The summed E-state index contributed by atoms with van der Waals surface area (Å²) in [6.07, 6.45) is 8.54. The summed E-state index contributed by atoms with van der Waals surface area (Å²) in [5.41, 5.74) is 0.502. The molecule has 1 aliphatic carbocycles. The van der Waals surface area contributed by atoms with Gasteiger partial charge in [-0.1, -0.05) is 6.42 Å². The predicted molar refractivity (Wildman–Crippen MR) is 81.7 cm³/mol. The SMILES string of the molecule is O=C(NCC1CCCC(O)C1)c1cccnc1-n1cccn1. The Kier molecular flexibility index (Phi) is 4.48. The Hall–Kier alpha value is -2.21. The van der Waals surface area contributed by atoms with Gasteiger partial charge in [-0.15, -0.1) is 0 Å². The number of aliphatic hydroxyl groups is 1. The summed E-state index contributed by atoms with van der Waals surface area (Å²) in [5.74, 6) is 0.713. The van der Waals surface area contributed by atoms with Crippen LogP contribution in [0.5, 0.6) is 0 Å². The summed E-state index contributed by atoms with van der Waals surface area (Å²) < 4.78 is 1.58. The van der Waals surface area contributed by atoms with Crippen molar-refractivity contribution in [3.8, 4) is 5.82 Å². The third-order valence-corrected chi connectivity index (χ3v) is 4.06. The number of aliphatic hydroxyl groups excluding tert-OH is 1. The molecule has 3 rings (SSSR count). The number of carbonyl (C=O) groups excluding carboxylic acids is 1. The maximum atomic E-state index is 12.4. The van der Waals surface area contributed by atoms with E-state index in [4.69, 9.17) is 0 Å². The molecular formula is C16H20N4O2. The number of pyridine rings is 1. The van der Waals surface area contributed by atoms with Gasteiger partial charge in [0, 0.05) is 25.1 Å². The smallest absolute Gasteiger partial charge is 0.255 e. The molecule has 2 N–H and O–H groups in total. The van der Waals surface area contributed by atoms with Gasteiger partial charge in [-0.2, -0.15) is 5.10 Å².